The fourth-order valence-corrected chi connectivity index (χ4v) is 1.68. The third-order valence-electron chi connectivity index (χ3n) is 2.19. The highest BCUT2D eigenvalue weighted by Crippen LogP contribution is 2.30. The van der Waals surface area contributed by atoms with E-state index >= 15 is 0 Å². The standard InChI is InChI=1S/C11H19N3/c1-8-9(11(2,3)4)10(14(5)6)13-7-12-8/h7H,1-6H3. The summed E-state index contributed by atoms with van der Waals surface area (Å²) in [6.45, 7) is 8.60. The van der Waals surface area contributed by atoms with Gasteiger partial charge < -0.3 is 4.90 Å². The molecule has 3 heteroatoms. The molecule has 0 fully saturated rings. The smallest absolute Gasteiger partial charge is 0.135 e. The van der Waals surface area contributed by atoms with Crippen LogP contribution < -0.4 is 4.90 Å². The highest BCUT2D eigenvalue weighted by molar-refractivity contribution is 5.50. The summed E-state index contributed by atoms with van der Waals surface area (Å²) in [5.74, 6) is 1.02. The first-order chi connectivity index (χ1) is 6.34. The zero-order valence-electron chi connectivity index (χ0n) is 9.92. The molecule has 1 rings (SSSR count). The molecule has 1 heterocycles. The molecule has 0 saturated carbocycles. The molecule has 1 aromatic rings. The van der Waals surface area contributed by atoms with E-state index in [2.05, 4.69) is 30.7 Å². The van der Waals surface area contributed by atoms with Gasteiger partial charge in [0.2, 0.25) is 0 Å². The lowest BCUT2D eigenvalue weighted by Crippen LogP contribution is -2.22. The van der Waals surface area contributed by atoms with Gasteiger partial charge in [0.05, 0.1) is 0 Å². The summed E-state index contributed by atoms with van der Waals surface area (Å²) in [5, 5.41) is 0. The molecule has 1 aromatic heterocycles. The molecule has 0 amide bonds. The van der Waals surface area contributed by atoms with Crippen molar-refractivity contribution in [2.24, 2.45) is 0 Å². The number of nitrogens with zero attached hydrogens (tertiary/aromatic N) is 3. The Bertz CT molecular complexity index is 324. The second-order valence-corrected chi connectivity index (χ2v) is 4.80. The zero-order valence-corrected chi connectivity index (χ0v) is 9.92. The quantitative estimate of drug-likeness (QED) is 0.684. The molecule has 78 valence electrons. The van der Waals surface area contributed by atoms with Crippen LogP contribution in [-0.4, -0.2) is 24.1 Å². The van der Waals surface area contributed by atoms with Gasteiger partial charge in [-0.2, -0.15) is 0 Å². The minimum atomic E-state index is 0.0882. The lowest BCUT2D eigenvalue weighted by Gasteiger charge is -2.26. The molecule has 0 atom stereocenters. The van der Waals surface area contributed by atoms with Crippen molar-refractivity contribution in [2.45, 2.75) is 33.1 Å². The van der Waals surface area contributed by atoms with Crippen molar-refractivity contribution in [1.82, 2.24) is 9.97 Å². The summed E-state index contributed by atoms with van der Waals surface area (Å²) in [6.07, 6.45) is 1.62. The molecule has 14 heavy (non-hydrogen) atoms. The minimum absolute atomic E-state index is 0.0882. The Hall–Kier alpha value is -1.12. The number of aromatic nitrogens is 2. The Labute approximate surface area is 86.2 Å². The molecule has 0 radical (unpaired) electrons. The van der Waals surface area contributed by atoms with Gasteiger partial charge in [0.15, 0.2) is 0 Å². The maximum Gasteiger partial charge on any atom is 0.135 e. The van der Waals surface area contributed by atoms with E-state index in [1.54, 1.807) is 6.33 Å². The van der Waals surface area contributed by atoms with Crippen molar-refractivity contribution in [3.8, 4) is 0 Å². The van der Waals surface area contributed by atoms with Crippen LogP contribution in [-0.2, 0) is 5.41 Å². The van der Waals surface area contributed by atoms with Crippen LogP contribution in [0.4, 0.5) is 5.82 Å². The molecule has 0 aliphatic carbocycles. The molecule has 3 nitrogen and oxygen atoms in total. The summed E-state index contributed by atoms with van der Waals surface area (Å²) >= 11 is 0. The first kappa shape index (κ1) is 11.0. The van der Waals surface area contributed by atoms with Gasteiger partial charge in [0, 0.05) is 25.4 Å². The SMILES string of the molecule is Cc1ncnc(N(C)C)c1C(C)(C)C. The van der Waals surface area contributed by atoms with E-state index < -0.39 is 0 Å². The molecule has 0 N–H and O–H groups in total. The fraction of sp³-hybridized carbons (Fsp3) is 0.636. The van der Waals surface area contributed by atoms with Crippen molar-refractivity contribution >= 4 is 5.82 Å². The molecule has 0 saturated heterocycles. The second-order valence-electron chi connectivity index (χ2n) is 4.80. The molecule has 0 spiro atoms. The van der Waals surface area contributed by atoms with Gasteiger partial charge in [-0.3, -0.25) is 0 Å². The summed E-state index contributed by atoms with van der Waals surface area (Å²) in [7, 11) is 4.02. The average Bonchev–Trinajstić information content (AvgIpc) is 2.01. The first-order valence-corrected chi connectivity index (χ1v) is 4.83. The Morgan fingerprint density at radius 3 is 2.07 bits per heavy atom. The molecular weight excluding hydrogens is 174 g/mol. The number of rotatable bonds is 1. The minimum Gasteiger partial charge on any atom is -0.362 e. The predicted molar refractivity (Wildman–Crippen MR) is 59.8 cm³/mol. The van der Waals surface area contributed by atoms with Gasteiger partial charge in [-0.15, -0.1) is 0 Å². The zero-order chi connectivity index (χ0) is 10.9. The summed E-state index contributed by atoms with van der Waals surface area (Å²) in [6, 6.07) is 0. The van der Waals surface area contributed by atoms with E-state index in [1.807, 2.05) is 25.9 Å². The molecule has 0 aliphatic heterocycles. The second kappa shape index (κ2) is 3.56. The van der Waals surface area contributed by atoms with E-state index in [9.17, 15) is 0 Å². The van der Waals surface area contributed by atoms with E-state index in [4.69, 9.17) is 0 Å². The van der Waals surface area contributed by atoms with Crippen molar-refractivity contribution in [3.05, 3.63) is 17.6 Å². The first-order valence-electron chi connectivity index (χ1n) is 4.83. The number of aryl methyl sites for hydroxylation is 1. The van der Waals surface area contributed by atoms with Crippen LogP contribution in [0.2, 0.25) is 0 Å². The highest BCUT2D eigenvalue weighted by Gasteiger charge is 2.22. The van der Waals surface area contributed by atoms with Gasteiger partial charge in [0.1, 0.15) is 12.1 Å². The Balaban J connectivity index is 3.38. The topological polar surface area (TPSA) is 29.0 Å². The number of hydrogen-bond acceptors (Lipinski definition) is 3. The molecule has 0 aliphatic rings. The van der Waals surface area contributed by atoms with Gasteiger partial charge in [-0.1, -0.05) is 20.8 Å². The van der Waals surface area contributed by atoms with Crippen LogP contribution in [0, 0.1) is 6.92 Å². The summed E-state index contributed by atoms with van der Waals surface area (Å²) < 4.78 is 0. The summed E-state index contributed by atoms with van der Waals surface area (Å²) in [5.41, 5.74) is 2.38. The van der Waals surface area contributed by atoms with E-state index in [-0.39, 0.29) is 5.41 Å². The van der Waals surface area contributed by atoms with Gasteiger partial charge in [0.25, 0.3) is 0 Å². The maximum atomic E-state index is 4.32. The summed E-state index contributed by atoms with van der Waals surface area (Å²) in [4.78, 5) is 10.6. The lowest BCUT2D eigenvalue weighted by atomic mass is 9.86. The third kappa shape index (κ3) is 2.03. The fourth-order valence-electron chi connectivity index (χ4n) is 1.68. The van der Waals surface area contributed by atoms with Gasteiger partial charge in [-0.25, -0.2) is 9.97 Å². The third-order valence-corrected chi connectivity index (χ3v) is 2.19. The molecule has 0 bridgehead atoms. The van der Waals surface area contributed by atoms with Crippen LogP contribution in [0.1, 0.15) is 32.0 Å². The molecular formula is C11H19N3. The average molecular weight is 193 g/mol. The highest BCUT2D eigenvalue weighted by atomic mass is 15.1. The van der Waals surface area contributed by atoms with Crippen molar-refractivity contribution in [2.75, 3.05) is 19.0 Å². The molecule has 0 unspecified atom stereocenters. The maximum absolute atomic E-state index is 4.32. The van der Waals surface area contributed by atoms with Crippen LogP contribution in [0.25, 0.3) is 0 Å². The normalized spacial score (nSPS) is 11.6. The molecule has 0 aromatic carbocycles. The van der Waals surface area contributed by atoms with Crippen LogP contribution in [0.3, 0.4) is 0 Å². The van der Waals surface area contributed by atoms with Crippen molar-refractivity contribution in [3.63, 3.8) is 0 Å². The Kier molecular flexibility index (Phi) is 2.79. The van der Waals surface area contributed by atoms with Gasteiger partial charge in [-0.05, 0) is 12.3 Å². The van der Waals surface area contributed by atoms with E-state index in [0.717, 1.165) is 11.5 Å². The van der Waals surface area contributed by atoms with E-state index in [1.165, 1.54) is 5.56 Å². The number of anilines is 1. The monoisotopic (exact) mass is 193 g/mol. The predicted octanol–water partition coefficient (Wildman–Crippen LogP) is 2.15. The van der Waals surface area contributed by atoms with Crippen molar-refractivity contribution in [1.29, 1.82) is 0 Å². The van der Waals surface area contributed by atoms with E-state index in [0.29, 0.717) is 0 Å². The lowest BCUT2D eigenvalue weighted by molar-refractivity contribution is 0.578. The largest absolute Gasteiger partial charge is 0.362 e. The van der Waals surface area contributed by atoms with Crippen LogP contribution in [0.15, 0.2) is 6.33 Å². The Morgan fingerprint density at radius 2 is 1.71 bits per heavy atom. The Morgan fingerprint density at radius 1 is 1.14 bits per heavy atom. The number of hydrogen-bond donors (Lipinski definition) is 0. The van der Waals surface area contributed by atoms with Crippen LogP contribution >= 0.6 is 0 Å². The van der Waals surface area contributed by atoms with Crippen molar-refractivity contribution < 1.29 is 0 Å². The van der Waals surface area contributed by atoms with Gasteiger partial charge >= 0.3 is 0 Å². The van der Waals surface area contributed by atoms with Crippen LogP contribution in [0.5, 0.6) is 0 Å².